The normalized spacial score (nSPS) is 9.87. The molecule has 0 atom stereocenters. The van der Waals surface area contributed by atoms with Gasteiger partial charge in [0.05, 0.1) is 18.2 Å². The van der Waals surface area contributed by atoms with Gasteiger partial charge in [0.25, 0.3) is 0 Å². The van der Waals surface area contributed by atoms with E-state index in [9.17, 15) is 9.18 Å². The van der Waals surface area contributed by atoms with Gasteiger partial charge in [-0.3, -0.25) is 0 Å². The Bertz CT molecular complexity index is 379. The monoisotopic (exact) mass is 276 g/mol. The minimum Gasteiger partial charge on any atom is -0.492 e. The van der Waals surface area contributed by atoms with Crippen molar-refractivity contribution in [2.45, 2.75) is 6.92 Å². The topological polar surface area (TPSA) is 35.5 Å². The Labute approximate surface area is 95.3 Å². The molecule has 0 saturated carbocycles. The maximum atomic E-state index is 13.4. The molecule has 0 unspecified atom stereocenters. The number of esters is 1. The number of methoxy groups -OCH3 is 1. The molecule has 1 rings (SSSR count). The summed E-state index contributed by atoms with van der Waals surface area (Å²) < 4.78 is 23.6. The van der Waals surface area contributed by atoms with Crippen LogP contribution in [0.2, 0.25) is 0 Å². The Balaban J connectivity index is 3.31. The molecule has 1 aromatic carbocycles. The minimum atomic E-state index is -0.753. The van der Waals surface area contributed by atoms with E-state index in [1.54, 1.807) is 6.92 Å². The van der Waals surface area contributed by atoms with Gasteiger partial charge in [-0.2, -0.15) is 0 Å². The van der Waals surface area contributed by atoms with Gasteiger partial charge in [0.15, 0.2) is 5.75 Å². The van der Waals surface area contributed by atoms with Crippen molar-refractivity contribution in [3.63, 3.8) is 0 Å². The Morgan fingerprint density at radius 3 is 2.73 bits per heavy atom. The molecule has 15 heavy (non-hydrogen) atoms. The second-order valence-corrected chi connectivity index (χ2v) is 3.51. The van der Waals surface area contributed by atoms with E-state index >= 15 is 0 Å². The highest BCUT2D eigenvalue weighted by molar-refractivity contribution is 9.10. The molecule has 0 aromatic heterocycles. The SMILES string of the molecule is CCOc1c(Br)ccc(F)c1C(=O)OC. The summed E-state index contributed by atoms with van der Waals surface area (Å²) in [7, 11) is 1.19. The van der Waals surface area contributed by atoms with Crippen LogP contribution in [0, 0.1) is 5.82 Å². The first kappa shape index (κ1) is 12.0. The van der Waals surface area contributed by atoms with E-state index in [2.05, 4.69) is 20.7 Å². The van der Waals surface area contributed by atoms with Crippen molar-refractivity contribution < 1.29 is 18.7 Å². The van der Waals surface area contributed by atoms with Crippen LogP contribution < -0.4 is 4.74 Å². The highest BCUT2D eigenvalue weighted by Crippen LogP contribution is 2.31. The molecule has 3 nitrogen and oxygen atoms in total. The molecule has 0 radical (unpaired) electrons. The van der Waals surface area contributed by atoms with E-state index in [0.29, 0.717) is 11.1 Å². The van der Waals surface area contributed by atoms with E-state index in [0.717, 1.165) is 0 Å². The van der Waals surface area contributed by atoms with Crippen LogP contribution >= 0.6 is 15.9 Å². The lowest BCUT2D eigenvalue weighted by atomic mass is 10.2. The molecule has 0 N–H and O–H groups in total. The van der Waals surface area contributed by atoms with Crippen LogP contribution in [-0.2, 0) is 4.74 Å². The number of ether oxygens (including phenoxy) is 2. The summed E-state index contributed by atoms with van der Waals surface area (Å²) >= 11 is 3.18. The summed E-state index contributed by atoms with van der Waals surface area (Å²) in [5.74, 6) is -1.24. The average Bonchev–Trinajstić information content (AvgIpc) is 2.23. The van der Waals surface area contributed by atoms with Crippen LogP contribution in [0.5, 0.6) is 5.75 Å². The number of carbonyl (C=O) groups is 1. The third-order valence-corrected chi connectivity index (χ3v) is 2.36. The average molecular weight is 277 g/mol. The minimum absolute atomic E-state index is 0.171. The van der Waals surface area contributed by atoms with Crippen molar-refractivity contribution >= 4 is 21.9 Å². The lowest BCUT2D eigenvalue weighted by Crippen LogP contribution is -2.08. The van der Waals surface area contributed by atoms with Gasteiger partial charge in [0.1, 0.15) is 11.4 Å². The summed E-state index contributed by atoms with van der Waals surface area (Å²) in [5, 5.41) is 0. The standard InChI is InChI=1S/C10H10BrFO3/c1-3-15-9-6(11)4-5-7(12)8(9)10(13)14-2/h4-5H,3H2,1-2H3. The van der Waals surface area contributed by atoms with Crippen molar-refractivity contribution in [2.24, 2.45) is 0 Å². The fraction of sp³-hybridized carbons (Fsp3) is 0.300. The molecule has 0 bridgehead atoms. The maximum absolute atomic E-state index is 13.4. The van der Waals surface area contributed by atoms with Gasteiger partial charge in [-0.05, 0) is 35.0 Å². The quantitative estimate of drug-likeness (QED) is 0.797. The summed E-state index contributed by atoms with van der Waals surface area (Å²) in [6, 6.07) is 2.66. The van der Waals surface area contributed by atoms with Crippen LogP contribution in [0.25, 0.3) is 0 Å². The van der Waals surface area contributed by atoms with Gasteiger partial charge in [0, 0.05) is 0 Å². The smallest absolute Gasteiger partial charge is 0.344 e. The number of halogens is 2. The zero-order valence-electron chi connectivity index (χ0n) is 8.34. The Kier molecular flexibility index (Phi) is 4.08. The van der Waals surface area contributed by atoms with Gasteiger partial charge in [-0.25, -0.2) is 9.18 Å². The van der Waals surface area contributed by atoms with Crippen molar-refractivity contribution in [1.82, 2.24) is 0 Å². The first-order valence-electron chi connectivity index (χ1n) is 4.31. The molecule has 0 amide bonds. The van der Waals surface area contributed by atoms with E-state index in [-0.39, 0.29) is 11.3 Å². The van der Waals surface area contributed by atoms with Crippen LogP contribution in [0.1, 0.15) is 17.3 Å². The number of benzene rings is 1. The maximum Gasteiger partial charge on any atom is 0.344 e. The first-order chi connectivity index (χ1) is 7.11. The zero-order chi connectivity index (χ0) is 11.4. The zero-order valence-corrected chi connectivity index (χ0v) is 9.93. The Morgan fingerprint density at radius 1 is 1.53 bits per heavy atom. The third-order valence-electron chi connectivity index (χ3n) is 1.74. The van der Waals surface area contributed by atoms with Gasteiger partial charge in [-0.15, -0.1) is 0 Å². The van der Waals surface area contributed by atoms with Crippen molar-refractivity contribution in [3.05, 3.63) is 28.0 Å². The van der Waals surface area contributed by atoms with E-state index in [4.69, 9.17) is 4.74 Å². The molecule has 82 valence electrons. The molecule has 1 aromatic rings. The molecule has 0 aliphatic rings. The summed E-state index contributed by atoms with van der Waals surface area (Å²) in [6.07, 6.45) is 0. The molecule has 0 fully saturated rings. The van der Waals surface area contributed by atoms with Crippen molar-refractivity contribution in [3.8, 4) is 5.75 Å². The van der Waals surface area contributed by atoms with Gasteiger partial charge in [-0.1, -0.05) is 0 Å². The number of carbonyl (C=O) groups excluding carboxylic acids is 1. The predicted octanol–water partition coefficient (Wildman–Crippen LogP) is 2.77. The molecular weight excluding hydrogens is 267 g/mol. The summed E-state index contributed by atoms with van der Waals surface area (Å²) in [5.41, 5.74) is -0.186. The number of rotatable bonds is 3. The van der Waals surface area contributed by atoms with Crippen LogP contribution in [0.15, 0.2) is 16.6 Å². The number of hydrogen-bond donors (Lipinski definition) is 0. The lowest BCUT2D eigenvalue weighted by Gasteiger charge is -2.11. The predicted molar refractivity (Wildman–Crippen MR) is 56.6 cm³/mol. The summed E-state index contributed by atoms with van der Waals surface area (Å²) in [6.45, 7) is 2.09. The van der Waals surface area contributed by atoms with Crippen molar-refractivity contribution in [2.75, 3.05) is 13.7 Å². The number of hydrogen-bond acceptors (Lipinski definition) is 3. The third kappa shape index (κ3) is 2.47. The second-order valence-electron chi connectivity index (χ2n) is 2.66. The fourth-order valence-electron chi connectivity index (χ4n) is 1.11. The Morgan fingerprint density at radius 2 is 2.20 bits per heavy atom. The van der Waals surface area contributed by atoms with Gasteiger partial charge in [0.2, 0.25) is 0 Å². The molecular formula is C10H10BrFO3. The van der Waals surface area contributed by atoms with Gasteiger partial charge >= 0.3 is 5.97 Å². The lowest BCUT2D eigenvalue weighted by molar-refractivity contribution is 0.0590. The summed E-state index contributed by atoms with van der Waals surface area (Å²) in [4.78, 5) is 11.3. The molecule has 0 heterocycles. The molecule has 0 aliphatic heterocycles. The van der Waals surface area contributed by atoms with Gasteiger partial charge < -0.3 is 9.47 Å². The van der Waals surface area contributed by atoms with Crippen LogP contribution in [0.4, 0.5) is 4.39 Å². The second kappa shape index (κ2) is 5.11. The molecule has 0 spiro atoms. The molecule has 5 heteroatoms. The fourth-order valence-corrected chi connectivity index (χ4v) is 1.56. The van der Waals surface area contributed by atoms with E-state index in [1.165, 1.54) is 19.2 Å². The molecule has 0 aliphatic carbocycles. The van der Waals surface area contributed by atoms with E-state index < -0.39 is 11.8 Å². The van der Waals surface area contributed by atoms with E-state index in [1.807, 2.05) is 0 Å². The highest BCUT2D eigenvalue weighted by atomic mass is 79.9. The van der Waals surface area contributed by atoms with Crippen LogP contribution in [0.3, 0.4) is 0 Å². The largest absolute Gasteiger partial charge is 0.492 e. The Hall–Kier alpha value is -1.10. The first-order valence-corrected chi connectivity index (χ1v) is 5.10. The van der Waals surface area contributed by atoms with Crippen molar-refractivity contribution in [1.29, 1.82) is 0 Å². The van der Waals surface area contributed by atoms with Crippen LogP contribution in [-0.4, -0.2) is 19.7 Å². The molecule has 0 saturated heterocycles. The highest BCUT2D eigenvalue weighted by Gasteiger charge is 2.21.